The number of nitrogens with zero attached hydrogens (tertiary/aromatic N) is 2. The van der Waals surface area contributed by atoms with Crippen molar-refractivity contribution in [3.63, 3.8) is 0 Å². The molecule has 2 bridgehead atoms. The highest BCUT2D eigenvalue weighted by Crippen LogP contribution is 2.63. The van der Waals surface area contributed by atoms with E-state index in [1.807, 2.05) is 38.1 Å². The van der Waals surface area contributed by atoms with Gasteiger partial charge >= 0.3 is 5.97 Å². The monoisotopic (exact) mass is 1670 g/mol. The molecule has 29 heteroatoms. The molecule has 7 atom stereocenters. The number of carbonyl (C=O) groups is 8. The van der Waals surface area contributed by atoms with Crippen LogP contribution in [0.5, 0.6) is 92.0 Å². The maximum absolute atomic E-state index is 15.7. The van der Waals surface area contributed by atoms with Crippen molar-refractivity contribution >= 4 is 92.5 Å². The van der Waals surface area contributed by atoms with Gasteiger partial charge in [-0.05, 0) is 128 Å². The first-order valence-electron chi connectivity index (χ1n) is 42.8. The first kappa shape index (κ1) is 84.1. The summed E-state index contributed by atoms with van der Waals surface area (Å²) in [4.78, 5) is 117. The lowest BCUT2D eigenvalue weighted by Gasteiger charge is -2.53. The number of imidazole rings is 1. The predicted octanol–water partition coefficient (Wildman–Crippen LogP) is 18.7. The third kappa shape index (κ3) is 15.7. The number of hydrogen-bond acceptors (Lipinski definition) is 21. The van der Waals surface area contributed by atoms with E-state index < -0.39 is 45.9 Å². The summed E-state index contributed by atoms with van der Waals surface area (Å²) >= 11 is 0. The Bertz CT molecular complexity index is 5810. The molecule has 123 heavy (non-hydrogen) atoms. The molecule has 15 N–H and O–H groups in total. The fraction of sp³-hybridized carbons (Fsp3) is 0.394. The highest BCUT2D eigenvalue weighted by atomic mass is 16.5. The number of benzene rings is 8. The van der Waals surface area contributed by atoms with Crippen molar-refractivity contribution in [3.8, 4) is 92.0 Å². The number of aliphatic carboxylic acids is 1. The number of fused-ring (bicyclic) bond motifs is 18. The van der Waals surface area contributed by atoms with Crippen LogP contribution in [0.3, 0.4) is 0 Å². The summed E-state index contributed by atoms with van der Waals surface area (Å²) in [5, 5.41) is 28.9. The van der Waals surface area contributed by atoms with E-state index in [4.69, 9.17) is 65.8 Å². The van der Waals surface area contributed by atoms with Crippen LogP contribution in [-0.2, 0) is 39.0 Å². The van der Waals surface area contributed by atoms with Gasteiger partial charge in [-0.25, -0.2) is 4.98 Å². The number of carbonyl (C=O) groups excluding carboxylic acids is 7. The molecule has 1 saturated carbocycles. The van der Waals surface area contributed by atoms with Gasteiger partial charge in [-0.3, -0.25) is 42.9 Å². The zero-order valence-electron chi connectivity index (χ0n) is 70.6. The van der Waals surface area contributed by atoms with Crippen LogP contribution < -0.4 is 92.7 Å². The van der Waals surface area contributed by atoms with Crippen molar-refractivity contribution in [1.29, 1.82) is 0 Å². The second kappa shape index (κ2) is 33.7. The molecule has 15 rings (SSSR count). The molecule has 9 aromatic rings. The summed E-state index contributed by atoms with van der Waals surface area (Å²) in [6.07, 6.45) is 4.18. The van der Waals surface area contributed by atoms with E-state index in [2.05, 4.69) is 56.2 Å². The average molecular weight is 1670 g/mol. The molecule has 8 aromatic carbocycles. The van der Waals surface area contributed by atoms with Gasteiger partial charge < -0.3 is 97.8 Å². The number of carboxylic acids is 1. The topological polar surface area (TPSA) is 425 Å². The number of anilines is 6. The van der Waals surface area contributed by atoms with Gasteiger partial charge in [-0.15, -0.1) is 0 Å². The molecule has 0 saturated heterocycles. The van der Waals surface area contributed by atoms with Crippen molar-refractivity contribution in [3.05, 3.63) is 147 Å². The lowest BCUT2D eigenvalue weighted by atomic mass is 9.52. The smallest absolute Gasteiger partial charge is 0.309 e. The highest BCUT2D eigenvalue weighted by molar-refractivity contribution is 6.04. The summed E-state index contributed by atoms with van der Waals surface area (Å²) in [5.74, 6) is -3.27. The molecule has 7 unspecified atom stereocenters. The molecule has 1 aromatic heterocycles. The van der Waals surface area contributed by atoms with Gasteiger partial charge in [0.15, 0.2) is 46.0 Å². The van der Waals surface area contributed by atoms with Crippen LogP contribution in [0, 0.1) is 10.8 Å². The van der Waals surface area contributed by atoms with E-state index in [0.717, 1.165) is 0 Å². The molecule has 5 aliphatic heterocycles. The zero-order valence-corrected chi connectivity index (χ0v) is 70.6. The maximum atomic E-state index is 15.7. The maximum Gasteiger partial charge on any atom is 0.309 e. The number of nitrogens with one attached hydrogen (secondary N) is 6. The van der Waals surface area contributed by atoms with Crippen molar-refractivity contribution < 1.29 is 81.4 Å². The van der Waals surface area contributed by atoms with E-state index in [9.17, 15) is 38.7 Å². The number of nitrogens with two attached hydrogens (primary N) is 4. The SMILES string of the molecule is CCC(=O)Nc1cc2c(cc1NC(=O)CC)Oc1cc3c4cc1C(CCCN)c1cc5c(cc1O2)Oc1cc(NC(=O)CC)c(NC(=O)CC)cc1Oc1cc2c(cc1C5CCCN)C(CCCN)c1cc(c(cc1Oc1cc5c(cc1O2)nc1n5C(=O)C2(C)CC(C)(C(=O)O)CC1(C)C2)Oc1cc(NC(=O)CC)c(NC(=O)CC)cc1O3)C4CCCN. The lowest BCUT2D eigenvalue weighted by Crippen LogP contribution is -2.56. The molecular weight excluding hydrogens is 1570 g/mol. The van der Waals surface area contributed by atoms with Crippen molar-refractivity contribution in [2.45, 2.75) is 201 Å². The van der Waals surface area contributed by atoms with Gasteiger partial charge in [-0.2, -0.15) is 0 Å². The van der Waals surface area contributed by atoms with E-state index in [1.54, 1.807) is 102 Å². The Morgan fingerprint density at radius 2 is 0.585 bits per heavy atom. The van der Waals surface area contributed by atoms with Crippen LogP contribution >= 0.6 is 0 Å². The minimum Gasteiger partial charge on any atom is -0.481 e. The Morgan fingerprint density at radius 1 is 0.350 bits per heavy atom. The van der Waals surface area contributed by atoms with Gasteiger partial charge in [0.1, 0.15) is 51.8 Å². The number of hydrogen-bond donors (Lipinski definition) is 11. The Balaban J connectivity index is 1.09. The fourth-order valence-corrected chi connectivity index (χ4v) is 19.0. The number of rotatable bonds is 25. The number of ether oxygens (including phenoxy) is 8. The van der Waals surface area contributed by atoms with Gasteiger partial charge in [0.05, 0.1) is 50.6 Å². The number of aromatic nitrogens is 2. The van der Waals surface area contributed by atoms with Crippen molar-refractivity contribution in [2.24, 2.45) is 33.8 Å². The van der Waals surface area contributed by atoms with Crippen LogP contribution in [-0.4, -0.2) is 88.2 Å². The van der Waals surface area contributed by atoms with Crippen LogP contribution in [0.15, 0.2) is 97.1 Å². The largest absolute Gasteiger partial charge is 0.481 e. The molecule has 6 amide bonds. The third-order valence-electron chi connectivity index (χ3n) is 24.8. The summed E-state index contributed by atoms with van der Waals surface area (Å²) in [6, 6.07) is 28.7. The highest BCUT2D eigenvalue weighted by Gasteiger charge is 2.61. The number of carboxylic acid groups (broad SMARTS) is 1. The molecule has 6 aliphatic rings. The van der Waals surface area contributed by atoms with E-state index in [0.29, 0.717) is 119 Å². The Morgan fingerprint density at radius 3 is 0.821 bits per heavy atom. The molecular formula is C94H104N12O17. The van der Waals surface area contributed by atoms with Gasteiger partial charge in [-0.1, -0.05) is 55.4 Å². The van der Waals surface area contributed by atoms with Gasteiger partial charge in [0, 0.05) is 190 Å². The first-order valence-corrected chi connectivity index (χ1v) is 42.8. The van der Waals surface area contributed by atoms with E-state index in [-0.39, 0.29) is 245 Å². The molecule has 0 spiro atoms. The third-order valence-corrected chi connectivity index (χ3v) is 24.8. The van der Waals surface area contributed by atoms with Crippen LogP contribution in [0.2, 0.25) is 0 Å². The molecule has 1 fully saturated rings. The molecule has 29 nitrogen and oxygen atoms in total. The molecule has 6 heterocycles. The second-order valence-corrected chi connectivity index (χ2v) is 33.8. The summed E-state index contributed by atoms with van der Waals surface area (Å²) in [5.41, 5.74) is 30.4. The fourth-order valence-electron chi connectivity index (χ4n) is 19.0. The van der Waals surface area contributed by atoms with Crippen molar-refractivity contribution in [1.82, 2.24) is 9.55 Å². The minimum atomic E-state index is -1.28. The number of amides is 6. The second-order valence-electron chi connectivity index (χ2n) is 33.8. The van der Waals surface area contributed by atoms with Crippen LogP contribution in [0.1, 0.15) is 250 Å². The van der Waals surface area contributed by atoms with E-state index >= 15 is 4.79 Å². The van der Waals surface area contributed by atoms with Crippen LogP contribution in [0.25, 0.3) is 11.0 Å². The Kier molecular flexibility index (Phi) is 23.0. The van der Waals surface area contributed by atoms with Crippen molar-refractivity contribution in [2.75, 3.05) is 58.1 Å². The predicted molar refractivity (Wildman–Crippen MR) is 465 cm³/mol. The normalized spacial score (nSPS) is 19.8. The standard InChI is InChI=1S/C94H104N12O17/c1-10-83(107)99-59-32-75-76(33-60(59)100-84(108)11-2)117-68-41-70-54-29-52(68)47(20-16-24-95)51-28-53-48(21-17-25-96)55-30-57-50(23-19-27-98)58-31-56(49(54)22-18-26-97)72(121-80-37-64(104-88(112)15-6)63(36-79(80)119-70)103-87(111)14-5)43-74(58)123-82-39-66-65(105-89-92(7)44-93(8,90(113)106(66)89)46-94(9,45-92)91(114)115)38-81(82)122-73(57)42-71(55)120-78-35-62(102-86(110)13-4)61(101-85(109)12-3)34-77(78)118-69(53)40-67(51)116-75/h28-43,47-50H,10-27,44-46,95-98H2,1-9H3,(H,99,107)(H,100,108)(H,101,109)(H,102,110)(H,103,111)(H,104,112)(H,114,115). The molecule has 1 aliphatic carbocycles. The summed E-state index contributed by atoms with van der Waals surface area (Å²) in [7, 11) is 0. The van der Waals surface area contributed by atoms with Crippen LogP contribution in [0.4, 0.5) is 34.1 Å². The average Bonchev–Trinajstić information content (AvgIpc) is 1.58. The quantitative estimate of drug-likeness (QED) is 0.0253. The lowest BCUT2D eigenvalue weighted by molar-refractivity contribution is -0.154. The summed E-state index contributed by atoms with van der Waals surface area (Å²) < 4.78 is 62.1. The van der Waals surface area contributed by atoms with Gasteiger partial charge in [0.2, 0.25) is 41.4 Å². The summed E-state index contributed by atoms with van der Waals surface area (Å²) in [6.45, 7) is 16.7. The first-order chi connectivity index (χ1) is 59.1. The minimum absolute atomic E-state index is 0.0669. The van der Waals surface area contributed by atoms with E-state index in [1.165, 1.54) is 0 Å². The Hall–Kier alpha value is -12.6. The molecule has 0 radical (unpaired) electrons. The molecule has 642 valence electrons. The van der Waals surface area contributed by atoms with Gasteiger partial charge in [0.25, 0.3) is 0 Å². The zero-order chi connectivity index (χ0) is 86.8. The Labute approximate surface area is 711 Å².